The van der Waals surface area contributed by atoms with Crippen molar-refractivity contribution in [3.8, 4) is 11.5 Å². The fraction of sp³-hybridized carbons (Fsp3) is 0.238. The average molecular weight is 369 g/mol. The molecule has 0 aliphatic heterocycles. The van der Waals surface area contributed by atoms with Gasteiger partial charge >= 0.3 is 5.97 Å². The van der Waals surface area contributed by atoms with Gasteiger partial charge in [-0.05, 0) is 47.9 Å². The number of carbonyl (C=O) groups is 2. The molecule has 1 N–H and O–H groups in total. The Balaban J connectivity index is 1.98. The summed E-state index contributed by atoms with van der Waals surface area (Å²) in [5.41, 5.74) is 2.62. The smallest absolute Gasteiger partial charge is 0.330 e. The van der Waals surface area contributed by atoms with Gasteiger partial charge in [-0.25, -0.2) is 4.79 Å². The zero-order chi connectivity index (χ0) is 19.6. The Morgan fingerprint density at radius 1 is 1.07 bits per heavy atom. The van der Waals surface area contributed by atoms with Crippen LogP contribution in [0.15, 0.2) is 48.5 Å². The van der Waals surface area contributed by atoms with Crippen LogP contribution >= 0.6 is 0 Å². The van der Waals surface area contributed by atoms with E-state index in [0.717, 1.165) is 23.2 Å². The number of methoxy groups -OCH3 is 2. The highest BCUT2D eigenvalue weighted by Crippen LogP contribution is 2.28. The van der Waals surface area contributed by atoms with Crippen molar-refractivity contribution < 1.29 is 23.8 Å². The van der Waals surface area contributed by atoms with Gasteiger partial charge in [0.15, 0.2) is 18.1 Å². The van der Waals surface area contributed by atoms with E-state index in [1.807, 2.05) is 24.3 Å². The third-order valence-corrected chi connectivity index (χ3v) is 3.78. The highest BCUT2D eigenvalue weighted by molar-refractivity contribution is 5.92. The van der Waals surface area contributed by atoms with E-state index in [1.54, 1.807) is 24.3 Å². The molecular weight excluding hydrogens is 346 g/mol. The van der Waals surface area contributed by atoms with Crippen molar-refractivity contribution in [2.45, 2.75) is 13.3 Å². The number of anilines is 1. The number of carbonyl (C=O) groups excluding carboxylic acids is 2. The van der Waals surface area contributed by atoms with E-state index in [4.69, 9.17) is 9.47 Å². The summed E-state index contributed by atoms with van der Waals surface area (Å²) in [7, 11) is 2.82. The lowest BCUT2D eigenvalue weighted by molar-refractivity contribution is -0.134. The SMILES string of the molecule is CCc1cccc(NC(=O)COc2ccc(/C=C/C(=O)OC)cc2OC)c1. The highest BCUT2D eigenvalue weighted by atomic mass is 16.5. The summed E-state index contributed by atoms with van der Waals surface area (Å²) in [4.78, 5) is 23.3. The Labute approximate surface area is 158 Å². The van der Waals surface area contributed by atoms with Crippen LogP contribution in [0.4, 0.5) is 5.69 Å². The van der Waals surface area contributed by atoms with Crippen LogP contribution in [-0.4, -0.2) is 32.7 Å². The van der Waals surface area contributed by atoms with Crippen molar-refractivity contribution in [1.29, 1.82) is 0 Å². The van der Waals surface area contributed by atoms with Crippen molar-refractivity contribution in [3.05, 3.63) is 59.7 Å². The third kappa shape index (κ3) is 6.18. The van der Waals surface area contributed by atoms with Crippen LogP contribution in [0.2, 0.25) is 0 Å². The number of rotatable bonds is 8. The molecule has 0 saturated heterocycles. The standard InChI is InChI=1S/C21H23NO5/c1-4-15-6-5-7-17(12-15)22-20(23)14-27-18-10-8-16(13-19(18)25-2)9-11-21(24)26-3/h5-13H,4,14H2,1-3H3,(H,22,23)/b11-9+. The first kappa shape index (κ1) is 20.0. The number of amides is 1. The van der Waals surface area contributed by atoms with Gasteiger partial charge in [-0.2, -0.15) is 0 Å². The van der Waals surface area contributed by atoms with E-state index in [-0.39, 0.29) is 12.5 Å². The molecule has 0 spiro atoms. The van der Waals surface area contributed by atoms with Gasteiger partial charge in [0.25, 0.3) is 5.91 Å². The first-order valence-corrected chi connectivity index (χ1v) is 8.51. The van der Waals surface area contributed by atoms with Crippen molar-refractivity contribution in [2.75, 3.05) is 26.1 Å². The van der Waals surface area contributed by atoms with Gasteiger partial charge in [0, 0.05) is 11.8 Å². The Morgan fingerprint density at radius 3 is 2.59 bits per heavy atom. The normalized spacial score (nSPS) is 10.5. The number of esters is 1. The number of hydrogen-bond donors (Lipinski definition) is 1. The molecule has 6 heteroatoms. The molecule has 0 aliphatic carbocycles. The minimum Gasteiger partial charge on any atom is -0.493 e. The van der Waals surface area contributed by atoms with Gasteiger partial charge in [-0.1, -0.05) is 25.1 Å². The molecule has 0 atom stereocenters. The summed E-state index contributed by atoms with van der Waals surface area (Å²) in [6.07, 6.45) is 3.81. The fourth-order valence-corrected chi connectivity index (χ4v) is 2.35. The number of nitrogens with one attached hydrogen (secondary N) is 1. The predicted octanol–water partition coefficient (Wildman–Crippen LogP) is 3.46. The van der Waals surface area contributed by atoms with Crippen LogP contribution in [0.3, 0.4) is 0 Å². The quantitative estimate of drug-likeness (QED) is 0.570. The molecule has 0 bridgehead atoms. The first-order chi connectivity index (χ1) is 13.0. The van der Waals surface area contributed by atoms with E-state index in [2.05, 4.69) is 17.0 Å². The highest BCUT2D eigenvalue weighted by Gasteiger charge is 2.09. The first-order valence-electron chi connectivity index (χ1n) is 8.51. The zero-order valence-corrected chi connectivity index (χ0v) is 15.7. The molecule has 0 heterocycles. The van der Waals surface area contributed by atoms with Crippen LogP contribution in [0, 0.1) is 0 Å². The van der Waals surface area contributed by atoms with Gasteiger partial charge in [0.2, 0.25) is 0 Å². The Bertz CT molecular complexity index is 829. The van der Waals surface area contributed by atoms with E-state index in [1.165, 1.54) is 20.3 Å². The molecule has 1 amide bonds. The lowest BCUT2D eigenvalue weighted by Crippen LogP contribution is -2.20. The molecule has 0 fully saturated rings. The average Bonchev–Trinajstić information content (AvgIpc) is 2.70. The molecule has 27 heavy (non-hydrogen) atoms. The lowest BCUT2D eigenvalue weighted by atomic mass is 10.1. The number of benzene rings is 2. The van der Waals surface area contributed by atoms with Gasteiger partial charge < -0.3 is 19.5 Å². The lowest BCUT2D eigenvalue weighted by Gasteiger charge is -2.12. The number of aryl methyl sites for hydroxylation is 1. The van der Waals surface area contributed by atoms with E-state index < -0.39 is 5.97 Å². The molecule has 6 nitrogen and oxygen atoms in total. The van der Waals surface area contributed by atoms with E-state index in [9.17, 15) is 9.59 Å². The summed E-state index contributed by atoms with van der Waals surface area (Å²) in [6, 6.07) is 12.8. The minimum atomic E-state index is -0.446. The number of hydrogen-bond acceptors (Lipinski definition) is 5. The maximum absolute atomic E-state index is 12.1. The maximum atomic E-state index is 12.1. The van der Waals surface area contributed by atoms with Crippen molar-refractivity contribution in [3.63, 3.8) is 0 Å². The van der Waals surface area contributed by atoms with Gasteiger partial charge in [0.1, 0.15) is 0 Å². The van der Waals surface area contributed by atoms with Crippen LogP contribution in [0.5, 0.6) is 11.5 Å². The predicted molar refractivity (Wildman–Crippen MR) is 104 cm³/mol. The monoisotopic (exact) mass is 369 g/mol. The molecule has 2 aromatic rings. The molecule has 0 radical (unpaired) electrons. The summed E-state index contributed by atoms with van der Waals surface area (Å²) < 4.78 is 15.4. The van der Waals surface area contributed by atoms with Crippen molar-refractivity contribution in [2.24, 2.45) is 0 Å². The summed E-state index contributed by atoms with van der Waals surface area (Å²) in [5, 5.41) is 2.81. The second kappa shape index (κ2) is 10.0. The Kier molecular flexibility index (Phi) is 7.43. The third-order valence-electron chi connectivity index (χ3n) is 3.78. The molecule has 2 aromatic carbocycles. The minimum absolute atomic E-state index is 0.149. The van der Waals surface area contributed by atoms with Gasteiger partial charge in [0.05, 0.1) is 14.2 Å². The second-order valence-corrected chi connectivity index (χ2v) is 5.66. The van der Waals surface area contributed by atoms with Gasteiger partial charge in [-0.15, -0.1) is 0 Å². The summed E-state index contributed by atoms with van der Waals surface area (Å²) in [6.45, 7) is 1.91. The topological polar surface area (TPSA) is 73.9 Å². The van der Waals surface area contributed by atoms with Crippen molar-refractivity contribution in [1.82, 2.24) is 0 Å². The molecule has 142 valence electrons. The van der Waals surface area contributed by atoms with E-state index in [0.29, 0.717) is 11.5 Å². The molecule has 0 aliphatic rings. The molecule has 0 saturated carbocycles. The largest absolute Gasteiger partial charge is 0.493 e. The van der Waals surface area contributed by atoms with Crippen LogP contribution in [-0.2, 0) is 20.7 Å². The molecular formula is C21H23NO5. The van der Waals surface area contributed by atoms with Crippen LogP contribution in [0.1, 0.15) is 18.1 Å². The Hall–Kier alpha value is -3.28. The zero-order valence-electron chi connectivity index (χ0n) is 15.7. The Morgan fingerprint density at radius 2 is 1.89 bits per heavy atom. The molecule has 0 aromatic heterocycles. The summed E-state index contributed by atoms with van der Waals surface area (Å²) >= 11 is 0. The van der Waals surface area contributed by atoms with Crippen molar-refractivity contribution >= 4 is 23.6 Å². The summed E-state index contributed by atoms with van der Waals surface area (Å²) in [5.74, 6) is 0.186. The van der Waals surface area contributed by atoms with Crippen LogP contribution in [0.25, 0.3) is 6.08 Å². The second-order valence-electron chi connectivity index (χ2n) is 5.66. The molecule has 2 rings (SSSR count). The van der Waals surface area contributed by atoms with Gasteiger partial charge in [-0.3, -0.25) is 4.79 Å². The van der Waals surface area contributed by atoms with Crippen LogP contribution < -0.4 is 14.8 Å². The fourth-order valence-electron chi connectivity index (χ4n) is 2.35. The number of ether oxygens (including phenoxy) is 3. The van der Waals surface area contributed by atoms with E-state index >= 15 is 0 Å². The maximum Gasteiger partial charge on any atom is 0.330 e. The molecule has 0 unspecified atom stereocenters.